The highest BCUT2D eigenvalue weighted by Crippen LogP contribution is 2.41. The van der Waals surface area contributed by atoms with E-state index in [2.05, 4.69) is 5.32 Å². The topological polar surface area (TPSA) is 92.6 Å². The lowest BCUT2D eigenvalue weighted by molar-refractivity contribution is -0.383. The number of nitro benzene ring substituents is 1. The quantitative estimate of drug-likeness (QED) is 0.490. The number of amides is 2. The van der Waals surface area contributed by atoms with Crippen LogP contribution in [0.2, 0.25) is 0 Å². The number of imide groups is 1. The van der Waals surface area contributed by atoms with Gasteiger partial charge in [0.05, 0.1) is 22.4 Å². The van der Waals surface area contributed by atoms with Crippen molar-refractivity contribution in [2.45, 2.75) is 63.8 Å². The zero-order valence-corrected chi connectivity index (χ0v) is 15.4. The molecule has 2 aliphatic carbocycles. The Labute approximate surface area is 158 Å². The van der Waals surface area contributed by atoms with Gasteiger partial charge in [0.2, 0.25) is 11.8 Å². The molecule has 1 heterocycles. The van der Waals surface area contributed by atoms with Gasteiger partial charge in [-0.25, -0.2) is 4.90 Å². The van der Waals surface area contributed by atoms with Gasteiger partial charge in [0.25, 0.3) is 5.69 Å². The lowest BCUT2D eigenvalue weighted by atomic mass is 9.81. The van der Waals surface area contributed by atoms with Gasteiger partial charge in [0.15, 0.2) is 0 Å². The van der Waals surface area contributed by atoms with Gasteiger partial charge >= 0.3 is 0 Å². The van der Waals surface area contributed by atoms with Crippen LogP contribution in [0.15, 0.2) is 18.2 Å². The molecule has 2 atom stereocenters. The molecule has 1 aliphatic heterocycles. The summed E-state index contributed by atoms with van der Waals surface area (Å²) in [5, 5.41) is 14.9. The Morgan fingerprint density at radius 3 is 2.11 bits per heavy atom. The summed E-state index contributed by atoms with van der Waals surface area (Å²) >= 11 is 0. The van der Waals surface area contributed by atoms with Crippen LogP contribution < -0.4 is 10.2 Å². The molecule has 0 radical (unpaired) electrons. The number of carbonyl (C=O) groups is 2. The number of nitro groups is 1. The standard InChI is InChI=1S/C20H25N3O4/c24-19-15-8-4-5-9-16(15)20(25)22(19)14-10-11-17(18(12-14)23(26)27)21-13-6-2-1-3-7-13/h10-13,15-16,21H,1-9H2/t15-,16-/m1/s1. The molecule has 0 aromatic heterocycles. The Balaban J connectivity index is 1.62. The summed E-state index contributed by atoms with van der Waals surface area (Å²) in [5.74, 6) is -0.922. The third-order valence-electron chi connectivity index (χ3n) is 6.24. The fourth-order valence-electron chi connectivity index (χ4n) is 4.82. The Bertz CT molecular complexity index is 748. The van der Waals surface area contributed by atoms with Crippen molar-refractivity contribution in [1.29, 1.82) is 0 Å². The number of carbonyl (C=O) groups excluding carboxylic acids is 2. The van der Waals surface area contributed by atoms with Crippen molar-refractivity contribution in [2.24, 2.45) is 11.8 Å². The first kappa shape index (κ1) is 17.9. The van der Waals surface area contributed by atoms with E-state index in [0.29, 0.717) is 11.4 Å². The zero-order chi connectivity index (χ0) is 19.0. The fraction of sp³-hybridized carbons (Fsp3) is 0.600. The molecular weight excluding hydrogens is 346 g/mol. The Morgan fingerprint density at radius 2 is 1.52 bits per heavy atom. The molecule has 4 rings (SSSR count). The Kier molecular flexibility index (Phi) is 4.85. The second-order valence-electron chi connectivity index (χ2n) is 7.95. The van der Waals surface area contributed by atoms with Gasteiger partial charge in [0, 0.05) is 12.1 Å². The van der Waals surface area contributed by atoms with E-state index in [4.69, 9.17) is 0 Å². The number of rotatable bonds is 4. The van der Waals surface area contributed by atoms with Crippen LogP contribution in [-0.4, -0.2) is 22.8 Å². The van der Waals surface area contributed by atoms with Crippen molar-refractivity contribution in [3.63, 3.8) is 0 Å². The maximum absolute atomic E-state index is 12.8. The largest absolute Gasteiger partial charge is 0.377 e. The van der Waals surface area contributed by atoms with E-state index in [-0.39, 0.29) is 35.4 Å². The molecule has 0 unspecified atom stereocenters. The van der Waals surface area contributed by atoms with Gasteiger partial charge in [-0.1, -0.05) is 32.1 Å². The van der Waals surface area contributed by atoms with E-state index in [1.807, 2.05) is 0 Å². The molecule has 7 heteroatoms. The predicted molar refractivity (Wildman–Crippen MR) is 102 cm³/mol. The normalized spacial score (nSPS) is 26.1. The first-order valence-corrected chi connectivity index (χ1v) is 9.99. The minimum absolute atomic E-state index is 0.0754. The molecular formula is C20H25N3O4. The number of fused-ring (bicyclic) bond motifs is 1. The van der Waals surface area contributed by atoms with Crippen molar-refractivity contribution in [3.8, 4) is 0 Å². The van der Waals surface area contributed by atoms with E-state index >= 15 is 0 Å². The molecule has 1 aromatic carbocycles. The van der Waals surface area contributed by atoms with Gasteiger partial charge in [-0.3, -0.25) is 19.7 Å². The molecule has 3 aliphatic rings. The SMILES string of the molecule is O=C1[C@@H]2CCCC[C@H]2C(=O)N1c1ccc(NC2CCCCC2)c([N+](=O)[O-])c1. The molecule has 1 N–H and O–H groups in total. The first-order valence-electron chi connectivity index (χ1n) is 9.99. The molecule has 2 amide bonds. The van der Waals surface area contributed by atoms with Crippen molar-refractivity contribution in [3.05, 3.63) is 28.3 Å². The molecule has 1 aromatic rings. The van der Waals surface area contributed by atoms with Crippen molar-refractivity contribution >= 4 is 28.9 Å². The average molecular weight is 371 g/mol. The van der Waals surface area contributed by atoms with Crippen molar-refractivity contribution in [2.75, 3.05) is 10.2 Å². The summed E-state index contributed by atoms with van der Waals surface area (Å²) in [6, 6.07) is 4.91. The van der Waals surface area contributed by atoms with Crippen LogP contribution in [0.25, 0.3) is 0 Å². The second kappa shape index (κ2) is 7.29. The molecule has 2 saturated carbocycles. The smallest absolute Gasteiger partial charge is 0.294 e. The van der Waals surface area contributed by atoms with E-state index in [1.165, 1.54) is 17.4 Å². The molecule has 7 nitrogen and oxygen atoms in total. The number of hydrogen-bond donors (Lipinski definition) is 1. The van der Waals surface area contributed by atoms with Crippen LogP contribution in [0.1, 0.15) is 57.8 Å². The lowest BCUT2D eigenvalue weighted by Crippen LogP contribution is -2.31. The molecule has 3 fully saturated rings. The van der Waals surface area contributed by atoms with Gasteiger partial charge < -0.3 is 5.32 Å². The fourth-order valence-corrected chi connectivity index (χ4v) is 4.82. The van der Waals surface area contributed by atoms with Gasteiger partial charge in [-0.2, -0.15) is 0 Å². The second-order valence-corrected chi connectivity index (χ2v) is 7.95. The molecule has 0 bridgehead atoms. The number of hydrogen-bond acceptors (Lipinski definition) is 5. The number of nitrogens with one attached hydrogen (secondary N) is 1. The van der Waals surface area contributed by atoms with Crippen LogP contribution >= 0.6 is 0 Å². The molecule has 144 valence electrons. The highest BCUT2D eigenvalue weighted by molar-refractivity contribution is 6.22. The summed E-state index contributed by atoms with van der Waals surface area (Å²) in [6.45, 7) is 0. The third kappa shape index (κ3) is 3.31. The lowest BCUT2D eigenvalue weighted by Gasteiger charge is -2.24. The maximum Gasteiger partial charge on any atom is 0.294 e. The molecule has 27 heavy (non-hydrogen) atoms. The van der Waals surface area contributed by atoms with Crippen LogP contribution in [-0.2, 0) is 9.59 Å². The number of benzene rings is 1. The maximum atomic E-state index is 12.8. The van der Waals surface area contributed by atoms with Crippen LogP contribution in [0.4, 0.5) is 17.1 Å². The van der Waals surface area contributed by atoms with Gasteiger partial charge in [-0.05, 0) is 37.8 Å². The Morgan fingerprint density at radius 1 is 0.926 bits per heavy atom. The summed E-state index contributed by atoms with van der Waals surface area (Å²) in [7, 11) is 0. The van der Waals surface area contributed by atoms with E-state index in [0.717, 1.165) is 51.4 Å². The summed E-state index contributed by atoms with van der Waals surface area (Å²) in [6.07, 6.45) is 8.85. The third-order valence-corrected chi connectivity index (χ3v) is 6.24. The highest BCUT2D eigenvalue weighted by atomic mass is 16.6. The number of anilines is 2. The van der Waals surface area contributed by atoms with E-state index in [1.54, 1.807) is 12.1 Å². The summed E-state index contributed by atoms with van der Waals surface area (Å²) < 4.78 is 0. The van der Waals surface area contributed by atoms with Crippen LogP contribution in [0, 0.1) is 22.0 Å². The van der Waals surface area contributed by atoms with Gasteiger partial charge in [-0.15, -0.1) is 0 Å². The summed E-state index contributed by atoms with van der Waals surface area (Å²) in [4.78, 5) is 37.9. The minimum Gasteiger partial charge on any atom is -0.377 e. The van der Waals surface area contributed by atoms with Crippen molar-refractivity contribution < 1.29 is 14.5 Å². The predicted octanol–water partition coefficient (Wildman–Crippen LogP) is 4.02. The molecule has 1 saturated heterocycles. The minimum atomic E-state index is -0.438. The van der Waals surface area contributed by atoms with Crippen molar-refractivity contribution in [1.82, 2.24) is 0 Å². The van der Waals surface area contributed by atoms with Crippen LogP contribution in [0.3, 0.4) is 0 Å². The molecule has 0 spiro atoms. The number of nitrogens with zero attached hydrogens (tertiary/aromatic N) is 2. The first-order chi connectivity index (χ1) is 13.1. The van der Waals surface area contributed by atoms with E-state index < -0.39 is 4.92 Å². The highest BCUT2D eigenvalue weighted by Gasteiger charge is 2.49. The summed E-state index contributed by atoms with van der Waals surface area (Å²) in [5.41, 5.74) is 0.709. The average Bonchev–Trinajstić information content (AvgIpc) is 2.94. The van der Waals surface area contributed by atoms with Crippen LogP contribution in [0.5, 0.6) is 0 Å². The monoisotopic (exact) mass is 371 g/mol. The zero-order valence-electron chi connectivity index (χ0n) is 15.4. The van der Waals surface area contributed by atoms with Gasteiger partial charge in [0.1, 0.15) is 5.69 Å². The van der Waals surface area contributed by atoms with E-state index in [9.17, 15) is 19.7 Å². The Hall–Kier alpha value is -2.44.